The van der Waals surface area contributed by atoms with E-state index in [0.717, 1.165) is 0 Å². The van der Waals surface area contributed by atoms with Gasteiger partial charge in [-0.15, -0.1) is 0 Å². The first kappa shape index (κ1) is 21.5. The van der Waals surface area contributed by atoms with Gasteiger partial charge in [0.25, 0.3) is 0 Å². The second kappa shape index (κ2) is 8.15. The Kier molecular flexibility index (Phi) is 4.87. The summed E-state index contributed by atoms with van der Waals surface area (Å²) in [7, 11) is 0. The predicted octanol–water partition coefficient (Wildman–Crippen LogP) is 3.73. The molecule has 0 saturated carbocycles. The molecular weight excluding hydrogens is 456 g/mol. The zero-order valence-corrected chi connectivity index (χ0v) is 19.7. The largest absolute Gasteiger partial charge is 0.448 e. The van der Waals surface area contributed by atoms with E-state index in [1.165, 1.54) is 22.3 Å². The number of carbonyl (C=O) groups is 1. The van der Waals surface area contributed by atoms with Crippen LogP contribution >= 0.6 is 0 Å². The van der Waals surface area contributed by atoms with Crippen LogP contribution in [0.25, 0.3) is 16.8 Å². The molecule has 7 rings (SSSR count). The number of piperidine rings is 1. The van der Waals surface area contributed by atoms with Crippen molar-refractivity contribution in [3.8, 4) is 11.1 Å². The van der Waals surface area contributed by atoms with Crippen LogP contribution < -0.4 is 0 Å². The van der Waals surface area contributed by atoms with E-state index in [1.807, 2.05) is 28.7 Å². The van der Waals surface area contributed by atoms with Crippen LogP contribution in [0.4, 0.5) is 4.79 Å². The van der Waals surface area contributed by atoms with E-state index in [2.05, 4.69) is 34.2 Å². The first-order valence-electron chi connectivity index (χ1n) is 12.3. The SMILES string of the molecule is O=C(OCC1c2ccccc2-c2ccccc21)N1C2COCC1CC(O)(c1cnc3cnccn13)C2. The zero-order chi connectivity index (χ0) is 24.3. The van der Waals surface area contributed by atoms with Crippen molar-refractivity contribution < 1.29 is 19.4 Å². The van der Waals surface area contributed by atoms with Crippen molar-refractivity contribution in [1.82, 2.24) is 19.3 Å². The van der Waals surface area contributed by atoms with Gasteiger partial charge >= 0.3 is 6.09 Å². The lowest BCUT2D eigenvalue weighted by atomic mass is 9.79. The van der Waals surface area contributed by atoms with Crippen LogP contribution in [-0.2, 0) is 15.1 Å². The van der Waals surface area contributed by atoms with Crippen LogP contribution in [0.2, 0.25) is 0 Å². The summed E-state index contributed by atoms with van der Waals surface area (Å²) in [6.07, 6.45) is 7.21. The second-order valence-electron chi connectivity index (χ2n) is 9.94. The van der Waals surface area contributed by atoms with Crippen molar-refractivity contribution >= 4 is 11.7 Å². The van der Waals surface area contributed by atoms with Gasteiger partial charge in [0.1, 0.15) is 12.2 Å². The number of benzene rings is 2. The van der Waals surface area contributed by atoms with Crippen molar-refractivity contribution in [3.05, 3.63) is 90.1 Å². The molecule has 0 spiro atoms. The molecule has 1 aliphatic carbocycles. The van der Waals surface area contributed by atoms with Crippen molar-refractivity contribution in [2.24, 2.45) is 0 Å². The third-order valence-corrected chi connectivity index (χ3v) is 7.89. The van der Waals surface area contributed by atoms with Gasteiger partial charge in [-0.05, 0) is 22.3 Å². The standard InChI is InChI=1S/C28H26N4O4/c33-27(36-17-24-22-7-3-1-5-20(22)21-6-2-4-8-23(21)24)32-18-11-28(34,12-19(32)16-35-15-18)25-13-30-26-14-29-9-10-31(25)26/h1-10,13-14,18-19,24,34H,11-12,15-17H2. The first-order valence-corrected chi connectivity index (χ1v) is 12.3. The number of rotatable bonds is 3. The molecule has 0 radical (unpaired) electrons. The number of ether oxygens (including phenoxy) is 2. The quantitative estimate of drug-likeness (QED) is 0.479. The molecule has 36 heavy (non-hydrogen) atoms. The maximum atomic E-state index is 13.4. The molecule has 2 aromatic carbocycles. The summed E-state index contributed by atoms with van der Waals surface area (Å²) in [5, 5.41) is 11.7. The van der Waals surface area contributed by atoms with E-state index in [4.69, 9.17) is 9.47 Å². The van der Waals surface area contributed by atoms with E-state index in [1.54, 1.807) is 29.7 Å². The minimum absolute atomic E-state index is 0.00549. The Morgan fingerprint density at radius 1 is 1.03 bits per heavy atom. The third kappa shape index (κ3) is 3.25. The van der Waals surface area contributed by atoms with Crippen molar-refractivity contribution in [3.63, 3.8) is 0 Å². The van der Waals surface area contributed by atoms with E-state index >= 15 is 0 Å². The Morgan fingerprint density at radius 2 is 1.69 bits per heavy atom. The topological polar surface area (TPSA) is 89.2 Å². The fraction of sp³-hybridized carbons (Fsp3) is 0.321. The highest BCUT2D eigenvalue weighted by Crippen LogP contribution is 2.45. The number of aliphatic hydroxyl groups is 1. The minimum atomic E-state index is -1.13. The maximum Gasteiger partial charge on any atom is 0.410 e. The molecule has 2 saturated heterocycles. The summed E-state index contributed by atoms with van der Waals surface area (Å²) in [4.78, 5) is 23.7. The Morgan fingerprint density at radius 3 is 2.39 bits per heavy atom. The highest BCUT2D eigenvalue weighted by molar-refractivity contribution is 5.79. The van der Waals surface area contributed by atoms with Crippen LogP contribution in [0, 0.1) is 0 Å². The van der Waals surface area contributed by atoms with Gasteiger partial charge in [0.05, 0.1) is 43.4 Å². The Labute approximate surface area is 208 Å². The molecule has 4 heterocycles. The second-order valence-corrected chi connectivity index (χ2v) is 9.94. The van der Waals surface area contributed by atoms with Gasteiger partial charge in [-0.2, -0.15) is 0 Å². The average Bonchev–Trinajstić information content (AvgIpc) is 3.47. The Bertz CT molecular complexity index is 1410. The molecule has 3 aliphatic rings. The number of imidazole rings is 1. The molecular formula is C28H26N4O4. The number of morpholine rings is 1. The van der Waals surface area contributed by atoms with Crippen molar-refractivity contribution in [2.45, 2.75) is 36.4 Å². The van der Waals surface area contributed by atoms with Crippen LogP contribution in [-0.4, -0.2) is 62.4 Å². The van der Waals surface area contributed by atoms with E-state index in [9.17, 15) is 9.90 Å². The van der Waals surface area contributed by atoms with E-state index in [-0.39, 0.29) is 30.7 Å². The van der Waals surface area contributed by atoms with Gasteiger partial charge in [-0.3, -0.25) is 14.3 Å². The summed E-state index contributed by atoms with van der Waals surface area (Å²) in [5.74, 6) is 0.00549. The average molecular weight is 483 g/mol. The van der Waals surface area contributed by atoms with Gasteiger partial charge in [0.2, 0.25) is 0 Å². The fourth-order valence-corrected chi connectivity index (χ4v) is 6.34. The van der Waals surface area contributed by atoms with Gasteiger partial charge in [0, 0.05) is 31.2 Å². The number of nitrogens with zero attached hydrogens (tertiary/aromatic N) is 4. The van der Waals surface area contributed by atoms with Crippen LogP contribution in [0.5, 0.6) is 0 Å². The van der Waals surface area contributed by atoms with E-state index in [0.29, 0.717) is 37.4 Å². The molecule has 2 aromatic heterocycles. The Hall–Kier alpha value is -3.75. The smallest absolute Gasteiger partial charge is 0.410 e. The monoisotopic (exact) mass is 482 g/mol. The molecule has 2 fully saturated rings. The number of fused-ring (bicyclic) bond motifs is 6. The summed E-state index contributed by atoms with van der Waals surface area (Å²) >= 11 is 0. The van der Waals surface area contributed by atoms with Crippen LogP contribution in [0.1, 0.15) is 35.6 Å². The minimum Gasteiger partial charge on any atom is -0.448 e. The highest BCUT2D eigenvalue weighted by Gasteiger charge is 2.50. The molecule has 1 amide bonds. The van der Waals surface area contributed by atoms with Crippen molar-refractivity contribution in [2.75, 3.05) is 19.8 Å². The van der Waals surface area contributed by atoms with Crippen molar-refractivity contribution in [1.29, 1.82) is 0 Å². The third-order valence-electron chi connectivity index (χ3n) is 7.89. The summed E-state index contributed by atoms with van der Waals surface area (Å²) in [6, 6.07) is 16.0. The van der Waals surface area contributed by atoms with E-state index < -0.39 is 5.60 Å². The molecule has 4 aromatic rings. The first-order chi connectivity index (χ1) is 17.6. The molecule has 2 bridgehead atoms. The number of carbonyl (C=O) groups excluding carboxylic acids is 1. The molecule has 182 valence electrons. The normalized spacial score (nSPS) is 25.0. The van der Waals surface area contributed by atoms with Gasteiger partial charge in [-0.25, -0.2) is 9.78 Å². The lowest BCUT2D eigenvalue weighted by Gasteiger charge is -2.50. The molecule has 2 unspecified atom stereocenters. The van der Waals surface area contributed by atoms with Gasteiger partial charge in [0.15, 0.2) is 5.65 Å². The lowest BCUT2D eigenvalue weighted by molar-refractivity contribution is -0.138. The highest BCUT2D eigenvalue weighted by atomic mass is 16.6. The number of aromatic nitrogens is 3. The Balaban J connectivity index is 1.12. The lowest BCUT2D eigenvalue weighted by Crippen LogP contribution is -2.62. The number of hydrogen-bond donors (Lipinski definition) is 1. The molecule has 1 N–H and O–H groups in total. The molecule has 2 aliphatic heterocycles. The molecule has 8 nitrogen and oxygen atoms in total. The summed E-state index contributed by atoms with van der Waals surface area (Å²) < 4.78 is 13.6. The number of hydrogen-bond acceptors (Lipinski definition) is 6. The zero-order valence-electron chi connectivity index (χ0n) is 19.7. The molecule has 2 atom stereocenters. The van der Waals surface area contributed by atoms with Crippen LogP contribution in [0.3, 0.4) is 0 Å². The number of amides is 1. The van der Waals surface area contributed by atoms with Gasteiger partial charge < -0.3 is 14.6 Å². The summed E-state index contributed by atoms with van der Waals surface area (Å²) in [6.45, 7) is 0.997. The molecule has 8 heteroatoms. The van der Waals surface area contributed by atoms with Gasteiger partial charge in [-0.1, -0.05) is 48.5 Å². The van der Waals surface area contributed by atoms with Crippen LogP contribution in [0.15, 0.2) is 73.3 Å². The fourth-order valence-electron chi connectivity index (χ4n) is 6.34. The summed E-state index contributed by atoms with van der Waals surface area (Å²) in [5.41, 5.74) is 5.04. The predicted molar refractivity (Wildman–Crippen MR) is 131 cm³/mol. The maximum absolute atomic E-state index is 13.4.